The summed E-state index contributed by atoms with van der Waals surface area (Å²) in [5.74, 6) is -1.89. The van der Waals surface area contributed by atoms with Crippen molar-refractivity contribution < 1.29 is 29.2 Å². The van der Waals surface area contributed by atoms with Gasteiger partial charge in [0, 0.05) is 23.9 Å². The minimum Gasteiger partial charge on any atom is -0.477 e. The summed E-state index contributed by atoms with van der Waals surface area (Å²) in [7, 11) is 4.26. The van der Waals surface area contributed by atoms with Crippen molar-refractivity contribution in [1.82, 2.24) is 35.2 Å². The fourth-order valence-corrected chi connectivity index (χ4v) is 6.48. The van der Waals surface area contributed by atoms with Crippen LogP contribution in [0.4, 0.5) is 0 Å². The quantitative estimate of drug-likeness (QED) is 0.145. The molecule has 3 N–H and O–H groups in total. The molecule has 4 heterocycles. The van der Waals surface area contributed by atoms with Gasteiger partial charge in [0.15, 0.2) is 5.71 Å². The number of fused-ring (bicyclic) bond motifs is 1. The number of rotatable bonds is 9. The summed E-state index contributed by atoms with van der Waals surface area (Å²) in [6, 6.07) is -0.967. The van der Waals surface area contributed by atoms with Crippen molar-refractivity contribution in [2.75, 3.05) is 25.7 Å². The molecule has 0 unspecified atom stereocenters. The summed E-state index contributed by atoms with van der Waals surface area (Å²) in [6.07, 6.45) is 0. The van der Waals surface area contributed by atoms with Gasteiger partial charge in [-0.3, -0.25) is 19.9 Å². The average Bonchev–Trinajstić information content (AvgIpc) is 3.42. The Morgan fingerprint density at radius 3 is 2.83 bits per heavy atom. The van der Waals surface area contributed by atoms with Crippen LogP contribution in [-0.2, 0) is 26.3 Å². The van der Waals surface area contributed by atoms with E-state index in [-0.39, 0.29) is 27.7 Å². The number of hydrogen-bond acceptors (Lipinski definition) is 13. The van der Waals surface area contributed by atoms with E-state index >= 15 is 0 Å². The lowest BCUT2D eigenvalue weighted by molar-refractivity contribution is -0.150. The van der Waals surface area contributed by atoms with Crippen LogP contribution in [-0.4, -0.2) is 95.6 Å². The predicted molar refractivity (Wildman–Crippen MR) is 123 cm³/mol. The third-order valence-electron chi connectivity index (χ3n) is 5.00. The minimum atomic E-state index is -1.23. The highest BCUT2D eigenvalue weighted by molar-refractivity contribution is 8.01. The van der Waals surface area contributed by atoms with Crippen LogP contribution >= 0.6 is 34.9 Å². The number of aryl methyl sites for hydroxylation is 1. The van der Waals surface area contributed by atoms with Crippen molar-refractivity contribution in [3.05, 3.63) is 27.1 Å². The lowest BCUT2D eigenvalue weighted by atomic mass is 10.0. The molecule has 2 aliphatic heterocycles. The summed E-state index contributed by atoms with van der Waals surface area (Å²) in [4.78, 5) is 49.1. The van der Waals surface area contributed by atoms with Crippen molar-refractivity contribution >= 4 is 58.4 Å². The number of hydrogen-bond donors (Lipinski definition) is 3. The second kappa shape index (κ2) is 10.1. The molecule has 2 aliphatic rings. The number of carboxylic acids is 1. The number of amides is 2. The molecule has 2 aromatic heterocycles. The number of thiazole rings is 1. The van der Waals surface area contributed by atoms with Gasteiger partial charge in [0.2, 0.25) is 9.96 Å². The van der Waals surface area contributed by atoms with Crippen LogP contribution in [0.25, 0.3) is 0 Å². The molecule has 2 aromatic rings. The zero-order valence-corrected chi connectivity index (χ0v) is 20.9. The summed E-state index contributed by atoms with van der Waals surface area (Å²) in [6.45, 7) is 0. The summed E-state index contributed by atoms with van der Waals surface area (Å²) in [5, 5.41) is 36.6. The lowest BCUT2D eigenvalue weighted by Crippen LogP contribution is -2.71. The first-order chi connectivity index (χ1) is 16.8. The van der Waals surface area contributed by atoms with Crippen LogP contribution < -0.4 is 15.0 Å². The molecule has 35 heavy (non-hydrogen) atoms. The molecule has 1 fully saturated rings. The normalized spacial score (nSPS) is 19.8. The van der Waals surface area contributed by atoms with Crippen LogP contribution in [0.5, 0.6) is 0 Å². The minimum absolute atomic E-state index is 0.0200. The Kier molecular flexibility index (Phi) is 7.13. The first-order valence-electron chi connectivity index (χ1n) is 9.75. The van der Waals surface area contributed by atoms with Gasteiger partial charge in [0.25, 0.3) is 11.8 Å². The number of aromatic nitrogens is 5. The van der Waals surface area contributed by atoms with Crippen LogP contribution in [0.2, 0.25) is 0 Å². The number of oxime groups is 1. The standard InChI is InChI=1S/C17H19N9O6S3/c1-24-17(20-22-23-24)35-5-7-4-33-14-10(13(28)25(14)11(7)15(29)30)19-12(27)9(21-31-2)8-6-34-16(18)26(8)32-3/h6,10,14,18H,4-5H2,1-3H3,(H,19,27)(H,29,30)/t10-,14+/m1/s1. The fraction of sp³-hybridized carbons (Fsp3) is 0.412. The number of nitrogens with zero attached hydrogens (tertiary/aromatic N) is 7. The zero-order valence-electron chi connectivity index (χ0n) is 18.5. The second-order valence-corrected chi connectivity index (χ2v) is 9.92. The number of carbonyl (C=O) groups is 3. The zero-order chi connectivity index (χ0) is 25.3. The van der Waals surface area contributed by atoms with Crippen molar-refractivity contribution in [1.29, 1.82) is 5.41 Å². The monoisotopic (exact) mass is 541 g/mol. The molecular formula is C17H19N9O6S3. The highest BCUT2D eigenvalue weighted by Crippen LogP contribution is 2.41. The highest BCUT2D eigenvalue weighted by atomic mass is 32.2. The molecular weight excluding hydrogens is 522 g/mol. The first kappa shape index (κ1) is 24.7. The second-order valence-electron chi connectivity index (χ2n) is 7.02. The van der Waals surface area contributed by atoms with E-state index in [2.05, 4.69) is 26.0 Å². The maximum Gasteiger partial charge on any atom is 0.352 e. The van der Waals surface area contributed by atoms with Crippen LogP contribution in [0.3, 0.4) is 0 Å². The van der Waals surface area contributed by atoms with Crippen molar-refractivity contribution in [2.24, 2.45) is 12.2 Å². The fourth-order valence-electron chi connectivity index (χ4n) is 3.44. The average molecular weight is 542 g/mol. The highest BCUT2D eigenvalue weighted by Gasteiger charge is 2.54. The van der Waals surface area contributed by atoms with Gasteiger partial charge in [0.05, 0.1) is 0 Å². The van der Waals surface area contributed by atoms with Gasteiger partial charge in [-0.2, -0.15) is 4.73 Å². The molecule has 0 saturated carbocycles. The Balaban J connectivity index is 1.52. The van der Waals surface area contributed by atoms with Gasteiger partial charge in [-0.25, -0.2) is 9.48 Å². The molecule has 0 aliphatic carbocycles. The SMILES string of the molecule is CON=C(C(=O)N[C@@H]1C(=O)N2C(C(=O)O)=C(CSc3nnnn3C)CS[C@@H]12)c1csc(=N)n1OC. The summed E-state index contributed by atoms with van der Waals surface area (Å²) in [5.41, 5.74) is 0.422. The Hall–Kier alpha value is -3.38. The number of carbonyl (C=O) groups excluding carboxylic acids is 2. The molecule has 2 amide bonds. The van der Waals surface area contributed by atoms with Gasteiger partial charge < -0.3 is 20.1 Å². The molecule has 1 saturated heterocycles. The van der Waals surface area contributed by atoms with Crippen LogP contribution in [0.1, 0.15) is 5.69 Å². The molecule has 4 rings (SSSR count). The van der Waals surface area contributed by atoms with E-state index in [9.17, 15) is 19.5 Å². The molecule has 15 nitrogen and oxygen atoms in total. The van der Waals surface area contributed by atoms with E-state index in [0.717, 1.165) is 16.1 Å². The van der Waals surface area contributed by atoms with Crippen molar-refractivity contribution in [3.63, 3.8) is 0 Å². The van der Waals surface area contributed by atoms with Gasteiger partial charge >= 0.3 is 5.97 Å². The Labute approximate surface area is 209 Å². The smallest absolute Gasteiger partial charge is 0.352 e. The predicted octanol–water partition coefficient (Wildman–Crippen LogP) is -1.51. The van der Waals surface area contributed by atoms with Gasteiger partial charge in [0.1, 0.15) is 37.0 Å². The number of thioether (sulfide) groups is 2. The third kappa shape index (κ3) is 4.50. The van der Waals surface area contributed by atoms with E-state index in [1.807, 2.05) is 0 Å². The number of β-lactam (4-membered cyclic amide) rings is 1. The maximum atomic E-state index is 13.0. The van der Waals surface area contributed by atoms with E-state index in [1.165, 1.54) is 52.7 Å². The Morgan fingerprint density at radius 1 is 1.43 bits per heavy atom. The molecule has 0 radical (unpaired) electrons. The number of aliphatic carboxylic acids is 1. The van der Waals surface area contributed by atoms with Gasteiger partial charge in [-0.15, -0.1) is 28.2 Å². The van der Waals surface area contributed by atoms with E-state index in [1.54, 1.807) is 7.05 Å². The van der Waals surface area contributed by atoms with E-state index in [0.29, 0.717) is 16.5 Å². The lowest BCUT2D eigenvalue weighted by Gasteiger charge is -2.49. The van der Waals surface area contributed by atoms with E-state index in [4.69, 9.17) is 15.1 Å². The third-order valence-corrected chi connectivity index (χ3v) is 8.17. The van der Waals surface area contributed by atoms with Gasteiger partial charge in [-0.1, -0.05) is 16.9 Å². The number of tetrazole rings is 1. The summed E-state index contributed by atoms with van der Waals surface area (Å²) < 4.78 is 2.56. The number of carboxylic acid groups (broad SMARTS) is 1. The molecule has 0 spiro atoms. The molecule has 18 heteroatoms. The van der Waals surface area contributed by atoms with Gasteiger partial charge in [-0.05, 0) is 16.0 Å². The Morgan fingerprint density at radius 2 is 2.20 bits per heavy atom. The van der Waals surface area contributed by atoms with Crippen LogP contribution in [0, 0.1) is 5.41 Å². The molecule has 0 aromatic carbocycles. The van der Waals surface area contributed by atoms with Crippen molar-refractivity contribution in [3.8, 4) is 0 Å². The van der Waals surface area contributed by atoms with Crippen molar-refractivity contribution in [2.45, 2.75) is 16.6 Å². The first-order valence-corrected chi connectivity index (χ1v) is 12.7. The molecule has 2 atom stereocenters. The van der Waals surface area contributed by atoms with E-state index < -0.39 is 29.2 Å². The Bertz CT molecular complexity index is 1300. The number of nitrogens with one attached hydrogen (secondary N) is 2. The largest absolute Gasteiger partial charge is 0.477 e. The topological polar surface area (TPSA) is 190 Å². The van der Waals surface area contributed by atoms with Crippen LogP contribution in [0.15, 0.2) is 27.0 Å². The molecule has 186 valence electrons. The summed E-state index contributed by atoms with van der Waals surface area (Å²) >= 11 is 3.61. The maximum absolute atomic E-state index is 13.0. The molecule has 0 bridgehead atoms.